The number of amides is 1. The molecule has 4 rings (SSSR count). The van der Waals surface area contributed by atoms with Gasteiger partial charge < -0.3 is 4.90 Å². The molecule has 1 saturated carbocycles. The zero-order chi connectivity index (χ0) is 16.5. The monoisotopic (exact) mass is 322 g/mol. The Bertz CT molecular complexity index is 760. The maximum atomic E-state index is 13.4. The van der Waals surface area contributed by atoms with Crippen LogP contribution in [-0.4, -0.2) is 28.9 Å². The van der Waals surface area contributed by atoms with Crippen molar-refractivity contribution in [2.75, 3.05) is 7.05 Å². The Balaban J connectivity index is 1.76. The number of benzene rings is 1. The molecule has 1 aromatic carbocycles. The Kier molecular flexibility index (Phi) is 4.26. The van der Waals surface area contributed by atoms with E-state index in [2.05, 4.69) is 6.07 Å². The minimum atomic E-state index is 0.207. The lowest BCUT2D eigenvalue weighted by Gasteiger charge is -2.28. The summed E-state index contributed by atoms with van der Waals surface area (Å²) < 4.78 is 0. The second-order valence-electron chi connectivity index (χ2n) is 7.34. The van der Waals surface area contributed by atoms with Crippen LogP contribution >= 0.6 is 0 Å². The van der Waals surface area contributed by atoms with Gasteiger partial charge in [0.2, 0.25) is 0 Å². The fraction of sp³-hybridized carbons (Fsp3) is 0.524. The zero-order valence-electron chi connectivity index (χ0n) is 14.6. The van der Waals surface area contributed by atoms with Crippen molar-refractivity contribution < 1.29 is 4.79 Å². The lowest BCUT2D eigenvalue weighted by Crippen LogP contribution is -2.37. The first-order valence-electron chi connectivity index (χ1n) is 9.43. The number of aromatic nitrogens is 1. The van der Waals surface area contributed by atoms with Crippen LogP contribution in [0.5, 0.6) is 0 Å². The number of nitrogens with zero attached hydrogens (tertiary/aromatic N) is 2. The molecule has 1 fully saturated rings. The molecule has 0 saturated heterocycles. The molecule has 0 unspecified atom stereocenters. The minimum absolute atomic E-state index is 0.207. The highest BCUT2D eigenvalue weighted by atomic mass is 16.2. The summed E-state index contributed by atoms with van der Waals surface area (Å²) in [6.45, 7) is 0. The molecule has 0 N–H and O–H groups in total. The molecule has 2 aliphatic carbocycles. The molecular weight excluding hydrogens is 296 g/mol. The van der Waals surface area contributed by atoms with Crippen molar-refractivity contribution in [2.45, 2.75) is 63.8 Å². The molecule has 0 spiro atoms. The topological polar surface area (TPSA) is 33.2 Å². The second kappa shape index (κ2) is 6.54. The number of aryl methyl sites for hydroxylation is 1. The first kappa shape index (κ1) is 15.6. The second-order valence-corrected chi connectivity index (χ2v) is 7.34. The van der Waals surface area contributed by atoms with Crippen LogP contribution in [0, 0.1) is 0 Å². The van der Waals surface area contributed by atoms with Crippen molar-refractivity contribution in [1.82, 2.24) is 9.88 Å². The van der Waals surface area contributed by atoms with Crippen LogP contribution in [0.3, 0.4) is 0 Å². The Hall–Kier alpha value is -1.90. The van der Waals surface area contributed by atoms with E-state index in [1.54, 1.807) is 0 Å². The van der Waals surface area contributed by atoms with Crippen LogP contribution in [-0.2, 0) is 12.8 Å². The summed E-state index contributed by atoms with van der Waals surface area (Å²) in [5.74, 6) is 0.207. The largest absolute Gasteiger partial charge is 0.339 e. The Morgan fingerprint density at radius 2 is 1.79 bits per heavy atom. The molecule has 1 heterocycles. The lowest BCUT2D eigenvalue weighted by molar-refractivity contribution is 0.0718. The molecule has 0 aliphatic heterocycles. The van der Waals surface area contributed by atoms with Crippen molar-refractivity contribution in [2.24, 2.45) is 0 Å². The Morgan fingerprint density at radius 1 is 1.04 bits per heavy atom. The standard InChI is InChI=1S/C21H26N2O/c1-23(15-9-4-2-3-5-10-15)21(24)20-16-11-6-7-13-18(16)22-19-14-8-12-17(19)20/h6-7,11,13,15H,2-5,8-10,12,14H2,1H3. The van der Waals surface area contributed by atoms with Gasteiger partial charge in [0.15, 0.2) is 0 Å². The molecule has 1 aromatic heterocycles. The molecular formula is C21H26N2O. The van der Waals surface area contributed by atoms with E-state index in [0.717, 1.165) is 54.3 Å². The summed E-state index contributed by atoms with van der Waals surface area (Å²) in [5, 5.41) is 1.03. The molecule has 0 radical (unpaired) electrons. The van der Waals surface area contributed by atoms with Gasteiger partial charge in [0, 0.05) is 24.2 Å². The van der Waals surface area contributed by atoms with E-state index in [4.69, 9.17) is 4.98 Å². The van der Waals surface area contributed by atoms with Crippen molar-refractivity contribution in [3.63, 3.8) is 0 Å². The van der Waals surface area contributed by atoms with E-state index in [0.29, 0.717) is 6.04 Å². The molecule has 2 aliphatic rings. The lowest BCUT2D eigenvalue weighted by atomic mass is 9.98. The first-order valence-corrected chi connectivity index (χ1v) is 9.43. The molecule has 24 heavy (non-hydrogen) atoms. The van der Waals surface area contributed by atoms with Gasteiger partial charge in [0.05, 0.1) is 11.1 Å². The smallest absolute Gasteiger partial charge is 0.254 e. The Labute approximate surface area is 144 Å². The predicted molar refractivity (Wildman–Crippen MR) is 97.4 cm³/mol. The number of hydrogen-bond donors (Lipinski definition) is 0. The number of rotatable bonds is 2. The van der Waals surface area contributed by atoms with Crippen molar-refractivity contribution in [3.8, 4) is 0 Å². The zero-order valence-corrected chi connectivity index (χ0v) is 14.6. The van der Waals surface area contributed by atoms with E-state index in [1.807, 2.05) is 30.1 Å². The maximum Gasteiger partial charge on any atom is 0.254 e. The van der Waals surface area contributed by atoms with E-state index >= 15 is 0 Å². The molecule has 3 nitrogen and oxygen atoms in total. The van der Waals surface area contributed by atoms with Gasteiger partial charge in [-0.1, -0.05) is 43.9 Å². The van der Waals surface area contributed by atoms with Crippen LogP contribution in [0.1, 0.15) is 66.6 Å². The molecule has 0 bridgehead atoms. The predicted octanol–water partition coefficient (Wildman–Crippen LogP) is 4.52. The number of hydrogen-bond acceptors (Lipinski definition) is 2. The van der Waals surface area contributed by atoms with E-state index in [-0.39, 0.29) is 5.91 Å². The van der Waals surface area contributed by atoms with Crippen LogP contribution < -0.4 is 0 Å². The normalized spacial score (nSPS) is 18.4. The fourth-order valence-electron chi connectivity index (χ4n) is 4.44. The third-order valence-corrected chi connectivity index (χ3v) is 5.83. The molecule has 126 valence electrons. The number of carbonyl (C=O) groups is 1. The maximum absolute atomic E-state index is 13.4. The minimum Gasteiger partial charge on any atom is -0.339 e. The third kappa shape index (κ3) is 2.70. The summed E-state index contributed by atoms with van der Waals surface area (Å²) in [7, 11) is 2.01. The molecule has 1 amide bonds. The van der Waals surface area contributed by atoms with E-state index < -0.39 is 0 Å². The van der Waals surface area contributed by atoms with Gasteiger partial charge in [-0.25, -0.2) is 0 Å². The van der Waals surface area contributed by atoms with Crippen LogP contribution in [0.4, 0.5) is 0 Å². The quantitative estimate of drug-likeness (QED) is 0.762. The van der Waals surface area contributed by atoms with Gasteiger partial charge >= 0.3 is 0 Å². The highest BCUT2D eigenvalue weighted by molar-refractivity contribution is 6.07. The summed E-state index contributed by atoms with van der Waals surface area (Å²) in [6.07, 6.45) is 10.5. The van der Waals surface area contributed by atoms with Crippen molar-refractivity contribution in [1.29, 1.82) is 0 Å². The number of carbonyl (C=O) groups excluding carboxylic acids is 1. The molecule has 0 atom stereocenters. The average Bonchev–Trinajstić information content (AvgIpc) is 2.90. The third-order valence-electron chi connectivity index (χ3n) is 5.83. The van der Waals surface area contributed by atoms with E-state index in [1.165, 1.54) is 31.2 Å². The van der Waals surface area contributed by atoms with Gasteiger partial charge in [-0.15, -0.1) is 0 Å². The highest BCUT2D eigenvalue weighted by Gasteiger charge is 2.28. The Morgan fingerprint density at radius 3 is 2.58 bits per heavy atom. The van der Waals surface area contributed by atoms with E-state index in [9.17, 15) is 4.79 Å². The van der Waals surface area contributed by atoms with Crippen LogP contribution in [0.25, 0.3) is 10.9 Å². The van der Waals surface area contributed by atoms with Gasteiger partial charge in [-0.05, 0) is 43.7 Å². The van der Waals surface area contributed by atoms with Crippen LogP contribution in [0.2, 0.25) is 0 Å². The molecule has 3 heteroatoms. The van der Waals surface area contributed by atoms with Crippen LogP contribution in [0.15, 0.2) is 24.3 Å². The van der Waals surface area contributed by atoms with Crippen molar-refractivity contribution in [3.05, 3.63) is 41.1 Å². The average molecular weight is 322 g/mol. The number of pyridine rings is 1. The van der Waals surface area contributed by atoms with Gasteiger partial charge in [-0.3, -0.25) is 9.78 Å². The van der Waals surface area contributed by atoms with Gasteiger partial charge in [0.25, 0.3) is 5.91 Å². The number of fused-ring (bicyclic) bond motifs is 2. The SMILES string of the molecule is CN(C(=O)c1c2c(nc3ccccc13)CCC2)C1CCCCCC1. The summed E-state index contributed by atoms with van der Waals surface area (Å²) in [4.78, 5) is 20.3. The summed E-state index contributed by atoms with van der Waals surface area (Å²) in [5.41, 5.74) is 4.25. The highest BCUT2D eigenvalue weighted by Crippen LogP contribution is 2.32. The fourth-order valence-corrected chi connectivity index (χ4v) is 4.44. The molecule has 2 aromatic rings. The van der Waals surface area contributed by atoms with Gasteiger partial charge in [0.1, 0.15) is 0 Å². The summed E-state index contributed by atoms with van der Waals surface area (Å²) in [6, 6.07) is 8.53. The van der Waals surface area contributed by atoms with Crippen molar-refractivity contribution >= 4 is 16.8 Å². The number of para-hydroxylation sites is 1. The summed E-state index contributed by atoms with van der Waals surface area (Å²) >= 11 is 0. The van der Waals surface area contributed by atoms with Gasteiger partial charge in [-0.2, -0.15) is 0 Å². The first-order chi connectivity index (χ1) is 11.8.